The Balaban J connectivity index is 2.11. The number of carbonyl (C=O) groups is 3. The second-order valence-corrected chi connectivity index (χ2v) is 6.59. The van der Waals surface area contributed by atoms with Gasteiger partial charge in [0.05, 0.1) is 18.4 Å². The lowest BCUT2D eigenvalue weighted by atomic mass is 10.1. The number of aromatic nitrogens is 2. The average Bonchev–Trinajstić information content (AvgIpc) is 3.23. The van der Waals surface area contributed by atoms with Gasteiger partial charge < -0.3 is 19.8 Å². The Kier molecular flexibility index (Phi) is 6.51. The number of nitrogens with zero attached hydrogens (tertiary/aromatic N) is 1. The molecule has 2 heterocycles. The summed E-state index contributed by atoms with van der Waals surface area (Å²) >= 11 is 1.25. The molecule has 0 aromatic carbocycles. The Labute approximate surface area is 160 Å². The van der Waals surface area contributed by atoms with Crippen LogP contribution in [0.4, 0.5) is 5.13 Å². The Hall–Kier alpha value is -2.94. The summed E-state index contributed by atoms with van der Waals surface area (Å²) in [5.74, 6) is -1.68. The van der Waals surface area contributed by atoms with Crippen LogP contribution in [0.2, 0.25) is 0 Å². The van der Waals surface area contributed by atoms with E-state index < -0.39 is 23.8 Å². The van der Waals surface area contributed by atoms with Crippen molar-refractivity contribution in [1.29, 1.82) is 0 Å². The number of carbonyl (C=O) groups excluding carboxylic acids is 3. The van der Waals surface area contributed by atoms with Gasteiger partial charge in [0.15, 0.2) is 16.9 Å². The minimum atomic E-state index is -1.05. The number of Topliss-reactive ketones (excluding diaryl/α,β-unsaturated/α-hetero) is 1. The van der Waals surface area contributed by atoms with Gasteiger partial charge in [0.2, 0.25) is 5.78 Å². The van der Waals surface area contributed by atoms with Gasteiger partial charge in [0, 0.05) is 17.6 Å². The minimum Gasteiger partial charge on any atom is -0.465 e. The largest absolute Gasteiger partial charge is 0.465 e. The third-order valence-corrected chi connectivity index (χ3v) is 4.64. The lowest BCUT2D eigenvalue weighted by Crippen LogP contribution is -2.25. The number of H-pyrrole nitrogens is 1. The summed E-state index contributed by atoms with van der Waals surface area (Å²) in [7, 11) is 1.27. The van der Waals surface area contributed by atoms with Gasteiger partial charge in [-0.25, -0.2) is 14.6 Å². The Bertz CT molecular complexity index is 884. The maximum absolute atomic E-state index is 12.7. The average molecular weight is 391 g/mol. The number of rotatable bonds is 8. The lowest BCUT2D eigenvalue weighted by molar-refractivity contribution is 0.0312. The fourth-order valence-electron chi connectivity index (χ4n) is 2.49. The first-order valence-corrected chi connectivity index (χ1v) is 9.01. The van der Waals surface area contributed by atoms with E-state index in [0.717, 1.165) is 0 Å². The van der Waals surface area contributed by atoms with Crippen LogP contribution in [0.5, 0.6) is 0 Å². The summed E-state index contributed by atoms with van der Waals surface area (Å²) in [6.07, 6.45) is 0.620. The van der Waals surface area contributed by atoms with Crippen molar-refractivity contribution < 1.29 is 23.9 Å². The molecule has 0 saturated carbocycles. The number of ether oxygens (including phenoxy) is 2. The fourth-order valence-corrected chi connectivity index (χ4v) is 3.18. The number of ketones is 1. The van der Waals surface area contributed by atoms with Crippen molar-refractivity contribution in [3.63, 3.8) is 0 Å². The quantitative estimate of drug-likeness (QED) is 0.404. The molecule has 1 atom stereocenters. The zero-order chi connectivity index (χ0) is 20.1. The Morgan fingerprint density at radius 3 is 2.70 bits per heavy atom. The van der Waals surface area contributed by atoms with Crippen molar-refractivity contribution in [3.8, 4) is 0 Å². The summed E-state index contributed by atoms with van der Waals surface area (Å²) in [6.45, 7) is 8.88. The molecule has 0 unspecified atom stereocenters. The first kappa shape index (κ1) is 20.4. The van der Waals surface area contributed by atoms with E-state index in [1.165, 1.54) is 25.4 Å². The zero-order valence-corrected chi connectivity index (χ0v) is 16.4. The lowest BCUT2D eigenvalue weighted by Gasteiger charge is -2.11. The summed E-state index contributed by atoms with van der Waals surface area (Å²) < 4.78 is 9.96. The van der Waals surface area contributed by atoms with Gasteiger partial charge >= 0.3 is 11.9 Å². The second kappa shape index (κ2) is 8.63. The third kappa shape index (κ3) is 4.43. The van der Waals surface area contributed by atoms with E-state index in [-0.39, 0.29) is 11.4 Å². The van der Waals surface area contributed by atoms with Crippen LogP contribution in [0.15, 0.2) is 18.0 Å². The fraction of sp³-hybridized carbons (Fsp3) is 0.333. The molecule has 2 N–H and O–H groups in total. The molecule has 2 aromatic rings. The van der Waals surface area contributed by atoms with Crippen LogP contribution in [0, 0.1) is 13.8 Å². The molecule has 0 radical (unpaired) electrons. The second-order valence-electron chi connectivity index (χ2n) is 5.74. The molecule has 8 nitrogen and oxygen atoms in total. The molecule has 2 rings (SSSR count). The molecular weight excluding hydrogens is 370 g/mol. The highest BCUT2D eigenvalue weighted by molar-refractivity contribution is 7.13. The van der Waals surface area contributed by atoms with Gasteiger partial charge in [0.25, 0.3) is 0 Å². The van der Waals surface area contributed by atoms with Crippen molar-refractivity contribution in [2.24, 2.45) is 0 Å². The molecule has 2 aromatic heterocycles. The molecular formula is C18H21N3O5S. The summed E-state index contributed by atoms with van der Waals surface area (Å²) in [6, 6.07) is 0. The topological polar surface area (TPSA) is 110 Å². The molecule has 0 spiro atoms. The highest BCUT2D eigenvalue weighted by Crippen LogP contribution is 2.21. The van der Waals surface area contributed by atoms with Crippen LogP contribution < -0.4 is 5.32 Å². The molecule has 0 aliphatic carbocycles. The molecule has 0 aliphatic heterocycles. The number of aromatic amines is 1. The molecule has 0 amide bonds. The molecule has 0 saturated heterocycles. The number of hydrogen-bond acceptors (Lipinski definition) is 8. The first-order valence-electron chi connectivity index (χ1n) is 8.13. The van der Waals surface area contributed by atoms with E-state index in [9.17, 15) is 14.4 Å². The van der Waals surface area contributed by atoms with E-state index in [2.05, 4.69) is 21.9 Å². The van der Waals surface area contributed by atoms with Gasteiger partial charge in [0.1, 0.15) is 0 Å². The van der Waals surface area contributed by atoms with Crippen molar-refractivity contribution in [2.75, 3.05) is 19.0 Å². The Morgan fingerprint density at radius 2 is 2.07 bits per heavy atom. The van der Waals surface area contributed by atoms with E-state index in [4.69, 9.17) is 9.47 Å². The van der Waals surface area contributed by atoms with Crippen molar-refractivity contribution in [2.45, 2.75) is 26.9 Å². The van der Waals surface area contributed by atoms with Gasteiger partial charge in [-0.15, -0.1) is 17.9 Å². The molecule has 27 heavy (non-hydrogen) atoms. The van der Waals surface area contributed by atoms with Crippen LogP contribution >= 0.6 is 11.3 Å². The molecule has 0 bridgehead atoms. The van der Waals surface area contributed by atoms with Gasteiger partial charge in [-0.1, -0.05) is 6.08 Å². The maximum Gasteiger partial charge on any atom is 0.358 e. The predicted octanol–water partition coefficient (Wildman–Crippen LogP) is 2.90. The van der Waals surface area contributed by atoms with Crippen molar-refractivity contribution in [3.05, 3.63) is 46.2 Å². The van der Waals surface area contributed by atoms with Crippen molar-refractivity contribution >= 4 is 34.2 Å². The zero-order valence-electron chi connectivity index (χ0n) is 15.5. The highest BCUT2D eigenvalue weighted by atomic mass is 32.1. The van der Waals surface area contributed by atoms with Crippen LogP contribution in [-0.4, -0.2) is 47.4 Å². The normalized spacial score (nSPS) is 11.6. The van der Waals surface area contributed by atoms with E-state index >= 15 is 0 Å². The maximum atomic E-state index is 12.7. The summed E-state index contributed by atoms with van der Waals surface area (Å²) in [5, 5.41) is 5.07. The summed E-state index contributed by atoms with van der Waals surface area (Å²) in [4.78, 5) is 43.7. The third-order valence-electron chi connectivity index (χ3n) is 3.84. The van der Waals surface area contributed by atoms with Crippen LogP contribution in [0.1, 0.15) is 49.5 Å². The molecule has 144 valence electrons. The predicted molar refractivity (Wildman–Crippen MR) is 102 cm³/mol. The molecule has 9 heteroatoms. The number of hydrogen-bond donors (Lipinski definition) is 2. The number of methoxy groups -OCH3 is 1. The van der Waals surface area contributed by atoms with E-state index in [1.807, 2.05) is 0 Å². The number of anilines is 1. The van der Waals surface area contributed by atoms with E-state index in [0.29, 0.717) is 28.5 Å². The number of nitrogens with one attached hydrogen (secondary N) is 2. The monoisotopic (exact) mass is 391 g/mol. The Morgan fingerprint density at radius 1 is 1.37 bits per heavy atom. The molecule has 0 aliphatic rings. The number of esters is 2. The van der Waals surface area contributed by atoms with Crippen LogP contribution in [0.3, 0.4) is 0 Å². The smallest absolute Gasteiger partial charge is 0.358 e. The standard InChI is InChI=1S/C18H21N3O5S/c1-6-7-19-18-21-12(8-27-18)16(23)26-11(4)15(22)14-9(2)13(10(3)20-14)17(24)25-5/h6,8,11,20H,1,7H2,2-5H3,(H,19,21)/t11-/m1/s1. The van der Waals surface area contributed by atoms with Crippen LogP contribution in [0.25, 0.3) is 0 Å². The van der Waals surface area contributed by atoms with Gasteiger partial charge in [-0.3, -0.25) is 4.79 Å². The van der Waals surface area contributed by atoms with Gasteiger partial charge in [-0.05, 0) is 26.3 Å². The minimum absolute atomic E-state index is 0.112. The van der Waals surface area contributed by atoms with Crippen molar-refractivity contribution in [1.82, 2.24) is 9.97 Å². The summed E-state index contributed by atoms with van der Waals surface area (Å²) in [5.41, 5.74) is 1.59. The van der Waals surface area contributed by atoms with Crippen LogP contribution in [-0.2, 0) is 9.47 Å². The van der Waals surface area contributed by atoms with Gasteiger partial charge in [-0.2, -0.15) is 0 Å². The highest BCUT2D eigenvalue weighted by Gasteiger charge is 2.28. The number of thiazole rings is 1. The first-order chi connectivity index (χ1) is 12.8. The van der Waals surface area contributed by atoms with E-state index in [1.54, 1.807) is 25.3 Å². The number of aryl methyl sites for hydroxylation is 1. The SMILES string of the molecule is C=CCNc1nc(C(=O)O[C@H](C)C(=O)c2[nH]c(C)c(C(=O)OC)c2C)cs1. The molecule has 0 fully saturated rings.